The van der Waals surface area contributed by atoms with Crippen LogP contribution in [0.3, 0.4) is 0 Å². The third kappa shape index (κ3) is 4.96. The number of aromatic nitrogens is 4. The van der Waals surface area contributed by atoms with Crippen LogP contribution in [0.4, 0.5) is 13.2 Å². The van der Waals surface area contributed by atoms with Crippen molar-refractivity contribution in [2.24, 2.45) is 5.92 Å². The van der Waals surface area contributed by atoms with Crippen molar-refractivity contribution in [3.05, 3.63) is 46.8 Å². The van der Waals surface area contributed by atoms with E-state index in [9.17, 15) is 18.0 Å². The highest BCUT2D eigenvalue weighted by molar-refractivity contribution is 5.92. The molecule has 9 heteroatoms. The summed E-state index contributed by atoms with van der Waals surface area (Å²) in [7, 11) is 0. The van der Waals surface area contributed by atoms with E-state index in [1.165, 1.54) is 16.9 Å². The molecule has 28 heavy (non-hydrogen) atoms. The zero-order valence-electron chi connectivity index (χ0n) is 15.8. The molecule has 0 bridgehead atoms. The van der Waals surface area contributed by atoms with E-state index in [0.29, 0.717) is 36.0 Å². The van der Waals surface area contributed by atoms with Crippen molar-refractivity contribution < 1.29 is 18.0 Å². The Morgan fingerprint density at radius 3 is 2.61 bits per heavy atom. The van der Waals surface area contributed by atoms with Crippen molar-refractivity contribution in [3.8, 4) is 0 Å². The van der Waals surface area contributed by atoms with Gasteiger partial charge in [-0.1, -0.05) is 13.0 Å². The highest BCUT2D eigenvalue weighted by Crippen LogP contribution is 2.31. The second-order valence-corrected chi connectivity index (χ2v) is 7.12. The van der Waals surface area contributed by atoms with Crippen LogP contribution in [0.5, 0.6) is 0 Å². The first kappa shape index (κ1) is 20.0. The van der Waals surface area contributed by atoms with Gasteiger partial charge in [0.2, 0.25) is 5.91 Å². The standard InChI is InChI=1S/C19H22F3N5O/c1-13-7-9-26(10-8-13)18(28)6-4-15-3-5-17(19(20,21)22)11-16(15)12-27-24-14(2)23-25-27/h3-6,11,13H,7-10,12H2,1-2H3/b6-4+. The van der Waals surface area contributed by atoms with E-state index in [0.717, 1.165) is 25.0 Å². The Morgan fingerprint density at radius 2 is 2.00 bits per heavy atom. The first-order chi connectivity index (χ1) is 13.2. The number of hydrogen-bond acceptors (Lipinski definition) is 4. The summed E-state index contributed by atoms with van der Waals surface area (Å²) in [6.07, 6.45) is 0.440. The van der Waals surface area contributed by atoms with Crippen LogP contribution in [0.25, 0.3) is 6.08 Å². The van der Waals surface area contributed by atoms with E-state index in [2.05, 4.69) is 22.3 Å². The minimum Gasteiger partial charge on any atom is -0.339 e. The number of aryl methyl sites for hydroxylation is 1. The molecule has 150 valence electrons. The van der Waals surface area contributed by atoms with Gasteiger partial charge in [0.05, 0.1) is 12.1 Å². The number of piperidine rings is 1. The second kappa shape index (κ2) is 8.12. The lowest BCUT2D eigenvalue weighted by molar-refractivity contribution is -0.137. The molecule has 1 aromatic heterocycles. The lowest BCUT2D eigenvalue weighted by atomic mass is 9.99. The van der Waals surface area contributed by atoms with Crippen LogP contribution in [-0.2, 0) is 17.5 Å². The Hall–Kier alpha value is -2.71. The Labute approximate surface area is 161 Å². The van der Waals surface area contributed by atoms with Crippen LogP contribution in [0.1, 0.15) is 42.3 Å². The van der Waals surface area contributed by atoms with Gasteiger partial charge in [-0.25, -0.2) is 0 Å². The Kier molecular flexibility index (Phi) is 5.81. The number of benzene rings is 1. The molecule has 1 fully saturated rings. The molecule has 3 rings (SSSR count). The van der Waals surface area contributed by atoms with Crippen LogP contribution < -0.4 is 0 Å². The van der Waals surface area contributed by atoms with Crippen molar-refractivity contribution in [1.29, 1.82) is 0 Å². The Bertz CT molecular complexity index is 867. The normalized spacial score (nSPS) is 16.1. The van der Waals surface area contributed by atoms with Crippen LogP contribution in [-0.4, -0.2) is 44.1 Å². The quantitative estimate of drug-likeness (QED) is 0.748. The maximum Gasteiger partial charge on any atom is 0.416 e. The number of amides is 1. The van der Waals surface area contributed by atoms with Gasteiger partial charge in [-0.3, -0.25) is 4.79 Å². The minimum absolute atomic E-state index is 0.0276. The second-order valence-electron chi connectivity index (χ2n) is 7.12. The number of halogens is 3. The summed E-state index contributed by atoms with van der Waals surface area (Å²) in [5.74, 6) is 0.902. The van der Waals surface area contributed by atoms with Gasteiger partial charge in [0.1, 0.15) is 0 Å². The average molecular weight is 393 g/mol. The maximum absolute atomic E-state index is 13.1. The summed E-state index contributed by atoms with van der Waals surface area (Å²) < 4.78 is 39.3. The van der Waals surface area contributed by atoms with Crippen molar-refractivity contribution in [2.75, 3.05) is 13.1 Å². The van der Waals surface area contributed by atoms with E-state index in [4.69, 9.17) is 0 Å². The van der Waals surface area contributed by atoms with Crippen LogP contribution in [0.2, 0.25) is 0 Å². The van der Waals surface area contributed by atoms with Gasteiger partial charge in [0.25, 0.3) is 0 Å². The number of nitrogens with zero attached hydrogens (tertiary/aromatic N) is 5. The highest BCUT2D eigenvalue weighted by atomic mass is 19.4. The van der Waals surface area contributed by atoms with Crippen molar-refractivity contribution in [3.63, 3.8) is 0 Å². The fourth-order valence-corrected chi connectivity index (χ4v) is 3.12. The smallest absolute Gasteiger partial charge is 0.339 e. The summed E-state index contributed by atoms with van der Waals surface area (Å²) in [4.78, 5) is 15.4. The SMILES string of the molecule is Cc1nnn(Cc2cc(C(F)(F)F)ccc2/C=C/C(=O)N2CCC(C)CC2)n1. The summed E-state index contributed by atoms with van der Waals surface area (Å²) >= 11 is 0. The van der Waals surface area contributed by atoms with E-state index >= 15 is 0 Å². The van der Waals surface area contributed by atoms with E-state index < -0.39 is 11.7 Å². The first-order valence-electron chi connectivity index (χ1n) is 9.14. The molecule has 0 N–H and O–H groups in total. The highest BCUT2D eigenvalue weighted by Gasteiger charge is 2.31. The van der Waals surface area contributed by atoms with Crippen molar-refractivity contribution in [1.82, 2.24) is 25.1 Å². The summed E-state index contributed by atoms with van der Waals surface area (Å²) in [5, 5.41) is 11.6. The van der Waals surface area contributed by atoms with Crippen LogP contribution >= 0.6 is 0 Å². The molecular formula is C19H22F3N5O. The van der Waals surface area contributed by atoms with Gasteiger partial charge in [-0.2, -0.15) is 18.0 Å². The zero-order chi connectivity index (χ0) is 20.3. The Morgan fingerprint density at radius 1 is 1.29 bits per heavy atom. The summed E-state index contributed by atoms with van der Waals surface area (Å²) in [5.41, 5.74) is 0.123. The molecule has 1 aromatic carbocycles. The van der Waals surface area contributed by atoms with Crippen LogP contribution in [0, 0.1) is 12.8 Å². The molecule has 2 heterocycles. The monoisotopic (exact) mass is 393 g/mol. The lowest BCUT2D eigenvalue weighted by Crippen LogP contribution is -2.36. The van der Waals surface area contributed by atoms with E-state index in [-0.39, 0.29) is 12.5 Å². The number of rotatable bonds is 4. The van der Waals surface area contributed by atoms with Crippen LogP contribution in [0.15, 0.2) is 24.3 Å². The van der Waals surface area contributed by atoms with E-state index in [1.807, 2.05) is 0 Å². The first-order valence-corrected chi connectivity index (χ1v) is 9.14. The number of carbonyl (C=O) groups is 1. The van der Waals surface area contributed by atoms with Gasteiger partial charge in [0.15, 0.2) is 5.82 Å². The van der Waals surface area contributed by atoms with Gasteiger partial charge >= 0.3 is 6.18 Å². The molecule has 0 atom stereocenters. The number of likely N-dealkylation sites (tertiary alicyclic amines) is 1. The molecule has 2 aromatic rings. The predicted molar refractivity (Wildman–Crippen MR) is 97.1 cm³/mol. The molecule has 1 amide bonds. The topological polar surface area (TPSA) is 63.9 Å². The molecule has 1 aliphatic heterocycles. The molecule has 1 saturated heterocycles. The fourth-order valence-electron chi connectivity index (χ4n) is 3.12. The van der Waals surface area contributed by atoms with Gasteiger partial charge in [0, 0.05) is 19.2 Å². The fraction of sp³-hybridized carbons (Fsp3) is 0.474. The molecule has 0 unspecified atom stereocenters. The predicted octanol–water partition coefficient (Wildman–Crippen LogP) is 3.32. The lowest BCUT2D eigenvalue weighted by Gasteiger charge is -2.29. The molecular weight excluding hydrogens is 371 g/mol. The molecule has 6 nitrogen and oxygen atoms in total. The van der Waals surface area contributed by atoms with Crippen molar-refractivity contribution in [2.45, 2.75) is 39.4 Å². The third-order valence-corrected chi connectivity index (χ3v) is 4.84. The molecule has 0 saturated carbocycles. The van der Waals surface area contributed by atoms with Crippen molar-refractivity contribution >= 4 is 12.0 Å². The zero-order valence-corrected chi connectivity index (χ0v) is 15.8. The maximum atomic E-state index is 13.1. The molecule has 0 aliphatic carbocycles. The minimum atomic E-state index is -4.46. The number of carbonyl (C=O) groups excluding carboxylic acids is 1. The van der Waals surface area contributed by atoms with Gasteiger partial charge in [-0.15, -0.1) is 10.2 Å². The number of hydrogen-bond donors (Lipinski definition) is 0. The van der Waals surface area contributed by atoms with E-state index in [1.54, 1.807) is 17.9 Å². The third-order valence-electron chi connectivity index (χ3n) is 4.84. The number of tetrazole rings is 1. The largest absolute Gasteiger partial charge is 0.416 e. The summed E-state index contributed by atoms with van der Waals surface area (Å²) in [6.45, 7) is 5.24. The average Bonchev–Trinajstić information content (AvgIpc) is 3.05. The molecule has 0 spiro atoms. The number of alkyl halides is 3. The van der Waals surface area contributed by atoms with Gasteiger partial charge in [-0.05, 0) is 60.2 Å². The Balaban J connectivity index is 1.83. The molecule has 1 aliphatic rings. The summed E-state index contributed by atoms with van der Waals surface area (Å²) in [6, 6.07) is 3.44. The van der Waals surface area contributed by atoms with Gasteiger partial charge < -0.3 is 4.90 Å². The molecule has 0 radical (unpaired) electrons.